The highest BCUT2D eigenvalue weighted by molar-refractivity contribution is 5.96. The van der Waals surface area contributed by atoms with E-state index in [2.05, 4.69) is 17.0 Å². The third kappa shape index (κ3) is 2.25. The van der Waals surface area contributed by atoms with E-state index in [1.807, 2.05) is 6.92 Å². The van der Waals surface area contributed by atoms with Crippen molar-refractivity contribution in [1.82, 2.24) is 10.1 Å². The average molecular weight is 276 g/mol. The van der Waals surface area contributed by atoms with Gasteiger partial charge in [-0.15, -0.1) is 0 Å². The molecule has 20 heavy (non-hydrogen) atoms. The second kappa shape index (κ2) is 5.58. The molecule has 0 bridgehead atoms. The molecule has 1 aromatic heterocycles. The Bertz CT molecular complexity index is 495. The number of amides is 1. The summed E-state index contributed by atoms with van der Waals surface area (Å²) in [5.74, 6) is 1.65. The Morgan fingerprint density at radius 3 is 2.95 bits per heavy atom. The Kier molecular flexibility index (Phi) is 3.81. The first-order valence-electron chi connectivity index (χ1n) is 7.98. The topological polar surface area (TPSA) is 46.3 Å². The van der Waals surface area contributed by atoms with E-state index in [0.717, 1.165) is 48.7 Å². The Morgan fingerprint density at radius 1 is 1.35 bits per heavy atom. The van der Waals surface area contributed by atoms with E-state index in [-0.39, 0.29) is 5.91 Å². The number of aryl methyl sites for hydroxylation is 2. The van der Waals surface area contributed by atoms with Crippen LogP contribution in [0.3, 0.4) is 0 Å². The Labute approximate surface area is 120 Å². The first-order valence-corrected chi connectivity index (χ1v) is 7.98. The minimum atomic E-state index is 0.156. The molecule has 1 aliphatic heterocycles. The van der Waals surface area contributed by atoms with Crippen molar-refractivity contribution in [2.75, 3.05) is 6.54 Å². The molecule has 0 spiro atoms. The normalized spacial score (nSPS) is 25.8. The molecule has 1 aromatic rings. The third-order valence-electron chi connectivity index (χ3n) is 4.88. The summed E-state index contributed by atoms with van der Waals surface area (Å²) in [6.07, 6.45) is 7.93. The van der Waals surface area contributed by atoms with Gasteiger partial charge in [-0.1, -0.05) is 18.5 Å². The van der Waals surface area contributed by atoms with E-state index in [0.29, 0.717) is 6.04 Å². The molecule has 1 aliphatic carbocycles. The number of fused-ring (bicyclic) bond motifs is 1. The Morgan fingerprint density at radius 2 is 2.15 bits per heavy atom. The number of carbonyl (C=O) groups excluding carboxylic acids is 1. The van der Waals surface area contributed by atoms with Crippen LogP contribution in [0.5, 0.6) is 0 Å². The van der Waals surface area contributed by atoms with Crippen LogP contribution < -0.4 is 0 Å². The average Bonchev–Trinajstić information content (AvgIpc) is 3.05. The second-order valence-corrected chi connectivity index (χ2v) is 6.22. The summed E-state index contributed by atoms with van der Waals surface area (Å²) < 4.78 is 5.36. The predicted molar refractivity (Wildman–Crippen MR) is 76.6 cm³/mol. The molecule has 3 rings (SSSR count). The maximum absolute atomic E-state index is 12.9. The zero-order chi connectivity index (χ0) is 14.1. The van der Waals surface area contributed by atoms with Gasteiger partial charge in [0.25, 0.3) is 5.91 Å². The number of piperidine rings is 1. The molecule has 0 N–H and O–H groups in total. The number of aromatic nitrogens is 1. The third-order valence-corrected chi connectivity index (χ3v) is 4.88. The number of hydrogen-bond donors (Lipinski definition) is 0. The molecule has 1 saturated heterocycles. The maximum atomic E-state index is 12.9. The highest BCUT2D eigenvalue weighted by Gasteiger charge is 2.39. The molecule has 1 amide bonds. The van der Waals surface area contributed by atoms with Crippen LogP contribution >= 0.6 is 0 Å². The number of carbonyl (C=O) groups is 1. The number of nitrogens with zero attached hydrogens (tertiary/aromatic N) is 2. The van der Waals surface area contributed by atoms with Crippen molar-refractivity contribution in [3.63, 3.8) is 0 Å². The van der Waals surface area contributed by atoms with Crippen molar-refractivity contribution in [1.29, 1.82) is 0 Å². The standard InChI is InChI=1S/C16H24N2O2/c1-3-6-14-15(11(2)17-20-14)16(19)18-10-5-8-12-7-4-9-13(12)18/h12-13H,3-10H2,1-2H3/t12-,13+/m0/s1. The van der Waals surface area contributed by atoms with Crippen molar-refractivity contribution in [2.45, 2.75) is 64.8 Å². The molecule has 4 nitrogen and oxygen atoms in total. The predicted octanol–water partition coefficient (Wildman–Crippen LogP) is 3.34. The SMILES string of the molecule is CCCc1onc(C)c1C(=O)N1CCC[C@@H]2CCC[C@H]21. The molecular formula is C16H24N2O2. The lowest BCUT2D eigenvalue weighted by atomic mass is 9.91. The molecular weight excluding hydrogens is 252 g/mol. The minimum Gasteiger partial charge on any atom is -0.360 e. The van der Waals surface area contributed by atoms with Crippen LogP contribution in [0.4, 0.5) is 0 Å². The van der Waals surface area contributed by atoms with Crippen LogP contribution in [-0.2, 0) is 6.42 Å². The van der Waals surface area contributed by atoms with Gasteiger partial charge in [0.1, 0.15) is 11.3 Å². The maximum Gasteiger partial charge on any atom is 0.259 e. The lowest BCUT2D eigenvalue weighted by Crippen LogP contribution is -2.46. The largest absolute Gasteiger partial charge is 0.360 e. The van der Waals surface area contributed by atoms with Crippen LogP contribution in [0.15, 0.2) is 4.52 Å². The number of hydrogen-bond acceptors (Lipinski definition) is 3. The zero-order valence-electron chi connectivity index (χ0n) is 12.5. The van der Waals surface area contributed by atoms with Crippen LogP contribution in [0.25, 0.3) is 0 Å². The summed E-state index contributed by atoms with van der Waals surface area (Å²) in [5.41, 5.74) is 1.48. The van der Waals surface area contributed by atoms with Gasteiger partial charge in [-0.25, -0.2) is 0 Å². The first kappa shape index (κ1) is 13.7. The highest BCUT2D eigenvalue weighted by atomic mass is 16.5. The van der Waals surface area contributed by atoms with E-state index in [4.69, 9.17) is 4.52 Å². The fraction of sp³-hybridized carbons (Fsp3) is 0.750. The molecule has 1 saturated carbocycles. The van der Waals surface area contributed by atoms with E-state index < -0.39 is 0 Å². The quantitative estimate of drug-likeness (QED) is 0.850. The van der Waals surface area contributed by atoms with Crippen molar-refractivity contribution in [2.24, 2.45) is 5.92 Å². The summed E-state index contributed by atoms with van der Waals surface area (Å²) in [6.45, 7) is 4.88. The van der Waals surface area contributed by atoms with E-state index >= 15 is 0 Å². The van der Waals surface area contributed by atoms with Crippen molar-refractivity contribution >= 4 is 5.91 Å². The minimum absolute atomic E-state index is 0.156. The van der Waals surface area contributed by atoms with Crippen LogP contribution in [0, 0.1) is 12.8 Å². The molecule has 0 aromatic carbocycles. The summed E-state index contributed by atoms with van der Waals surface area (Å²) in [7, 11) is 0. The molecule has 2 aliphatic rings. The van der Waals surface area contributed by atoms with Gasteiger partial charge >= 0.3 is 0 Å². The summed E-state index contributed by atoms with van der Waals surface area (Å²) in [4.78, 5) is 15.1. The van der Waals surface area contributed by atoms with E-state index in [1.165, 1.54) is 25.7 Å². The van der Waals surface area contributed by atoms with E-state index in [9.17, 15) is 4.79 Å². The summed E-state index contributed by atoms with van der Waals surface area (Å²) >= 11 is 0. The molecule has 2 atom stereocenters. The van der Waals surface area contributed by atoms with Crippen LogP contribution in [-0.4, -0.2) is 28.6 Å². The van der Waals surface area contributed by atoms with Crippen molar-refractivity contribution in [3.05, 3.63) is 17.0 Å². The molecule has 4 heteroatoms. The summed E-state index contributed by atoms with van der Waals surface area (Å²) in [5, 5.41) is 4.01. The van der Waals surface area contributed by atoms with Crippen LogP contribution in [0.1, 0.15) is 67.3 Å². The Balaban J connectivity index is 1.86. The molecule has 2 heterocycles. The molecule has 0 unspecified atom stereocenters. The molecule has 2 fully saturated rings. The van der Waals surface area contributed by atoms with Gasteiger partial charge in [-0.3, -0.25) is 4.79 Å². The number of rotatable bonds is 3. The monoisotopic (exact) mass is 276 g/mol. The van der Waals surface area contributed by atoms with Gasteiger partial charge in [0.2, 0.25) is 0 Å². The van der Waals surface area contributed by atoms with E-state index in [1.54, 1.807) is 0 Å². The summed E-state index contributed by atoms with van der Waals surface area (Å²) in [6, 6.07) is 0.458. The lowest BCUT2D eigenvalue weighted by molar-refractivity contribution is 0.0545. The molecule has 110 valence electrons. The zero-order valence-corrected chi connectivity index (χ0v) is 12.5. The molecule has 0 radical (unpaired) electrons. The van der Waals surface area contributed by atoms with Crippen molar-refractivity contribution in [3.8, 4) is 0 Å². The van der Waals surface area contributed by atoms with Crippen molar-refractivity contribution < 1.29 is 9.32 Å². The van der Waals surface area contributed by atoms with Gasteiger partial charge in [-0.05, 0) is 44.9 Å². The van der Waals surface area contributed by atoms with Gasteiger partial charge in [0.05, 0.1) is 5.69 Å². The van der Waals surface area contributed by atoms with Gasteiger partial charge < -0.3 is 9.42 Å². The smallest absolute Gasteiger partial charge is 0.259 e. The fourth-order valence-corrected chi connectivity index (χ4v) is 3.94. The Hall–Kier alpha value is -1.32. The number of likely N-dealkylation sites (tertiary alicyclic amines) is 1. The highest BCUT2D eigenvalue weighted by Crippen LogP contribution is 2.37. The van der Waals surface area contributed by atoms with Gasteiger partial charge in [0.15, 0.2) is 0 Å². The van der Waals surface area contributed by atoms with Gasteiger partial charge in [0, 0.05) is 19.0 Å². The second-order valence-electron chi connectivity index (χ2n) is 6.22. The first-order chi connectivity index (χ1) is 9.72. The lowest BCUT2D eigenvalue weighted by Gasteiger charge is -2.37. The van der Waals surface area contributed by atoms with Crippen LogP contribution in [0.2, 0.25) is 0 Å². The fourth-order valence-electron chi connectivity index (χ4n) is 3.94. The van der Waals surface area contributed by atoms with Gasteiger partial charge in [-0.2, -0.15) is 0 Å².